The van der Waals surface area contributed by atoms with Crippen LogP contribution in [0, 0.1) is 12.7 Å². The van der Waals surface area contributed by atoms with Crippen molar-refractivity contribution in [2.24, 2.45) is 0 Å². The maximum atomic E-state index is 15.4. The summed E-state index contributed by atoms with van der Waals surface area (Å²) < 4.78 is 27.8. The zero-order valence-corrected chi connectivity index (χ0v) is 42.9. The van der Waals surface area contributed by atoms with Gasteiger partial charge < -0.3 is 71.9 Å². The summed E-state index contributed by atoms with van der Waals surface area (Å²) in [4.78, 5) is 144. The van der Waals surface area contributed by atoms with E-state index in [1.807, 2.05) is 0 Å². The van der Waals surface area contributed by atoms with E-state index in [0.29, 0.717) is 69.6 Å². The third-order valence-electron chi connectivity index (χ3n) is 13.5. The summed E-state index contributed by atoms with van der Waals surface area (Å²) in [5.41, 5.74) is 1.53. The summed E-state index contributed by atoms with van der Waals surface area (Å²) in [7, 11) is 0. The van der Waals surface area contributed by atoms with Crippen LogP contribution in [0.1, 0.15) is 71.7 Å². The number of aliphatic carboxylic acids is 2. The summed E-state index contributed by atoms with van der Waals surface area (Å²) in [6, 6.07) is 7.96. The number of nitrogens with one attached hydrogen (secondary N) is 8. The van der Waals surface area contributed by atoms with Crippen molar-refractivity contribution in [2.75, 3.05) is 39.5 Å². The van der Waals surface area contributed by atoms with Crippen molar-refractivity contribution in [1.82, 2.24) is 52.1 Å². The lowest BCUT2D eigenvalue weighted by Crippen LogP contribution is -2.54. The molecule has 0 bridgehead atoms. The number of aliphatic hydroxyl groups is 1. The Morgan fingerprint density at radius 1 is 0.861 bits per heavy atom. The Bertz CT molecular complexity index is 3240. The SMILES string of the molecule is CC[C@@]1(O)C(=O)OCc2c1cc1n(c2=O)Cc2c-1nc1cc(F)c(C)c3c1c2[C@@H](NC(=O)[C@H](C)OCNC(=O)CNC(=O)[C@H](Cc1ccccc1)NC(=O)CNC(=O)CNC(=O)[C@H](CNCC(=O)O)NC(=O)/C=C\C(=O)O)CC3. The van der Waals surface area contributed by atoms with Crippen molar-refractivity contribution >= 4 is 70.2 Å². The van der Waals surface area contributed by atoms with Crippen LogP contribution in [0.4, 0.5) is 4.39 Å². The molecule has 3 aliphatic rings. The van der Waals surface area contributed by atoms with Gasteiger partial charge in [0.05, 0.1) is 61.2 Å². The number of carboxylic acid groups (broad SMARTS) is 2. The van der Waals surface area contributed by atoms with E-state index in [1.54, 1.807) is 50.2 Å². The normalized spacial score (nSPS) is 16.9. The standard InChI is InChI=1S/C52H57FN10O16/c1-4-52(77)31-15-37-46-29(22-63(37)50(75)30(31)23-78-51(52)76)45-33(11-10-28-25(2)32(53)16-34(61-46)44(28)45)62-47(72)26(3)79-24-58-40(66)19-56-48(73)35(14-27-8-6-5-7-9-27)59-41(67)20-55-39(65)18-57-49(74)36(17-54-21-43(70)71)60-38(64)12-13-42(68)69/h5-9,12-13,15-16,26,33,35-36,54,77H,4,10-11,14,17-24H2,1-3H3,(H,55,65)(H,56,73)(H,57,74)(H,58,66)(H,59,67)(H,60,64)(H,62,72)(H,68,69)(H,70,71)/b13-12-/t26-,33-,35-,36-,52-/m0/s1. The number of amides is 7. The van der Waals surface area contributed by atoms with Gasteiger partial charge in [-0.1, -0.05) is 37.3 Å². The van der Waals surface area contributed by atoms with Crippen LogP contribution in [-0.2, 0) is 89.0 Å². The molecule has 79 heavy (non-hydrogen) atoms. The van der Waals surface area contributed by atoms with Crippen LogP contribution >= 0.6 is 0 Å². The van der Waals surface area contributed by atoms with Crippen molar-refractivity contribution < 1.29 is 77.1 Å². The Labute approximate surface area is 448 Å². The number of cyclic esters (lactones) is 1. The summed E-state index contributed by atoms with van der Waals surface area (Å²) in [5.74, 6) is -9.87. The number of esters is 1. The number of aryl methyl sites for hydroxylation is 1. The summed E-state index contributed by atoms with van der Waals surface area (Å²) in [6.07, 6.45) is 0.572. The van der Waals surface area contributed by atoms with Gasteiger partial charge in [0.1, 0.15) is 37.3 Å². The highest BCUT2D eigenvalue weighted by Crippen LogP contribution is 2.46. The third-order valence-corrected chi connectivity index (χ3v) is 13.5. The lowest BCUT2D eigenvalue weighted by atomic mass is 9.81. The Kier molecular flexibility index (Phi) is 18.3. The number of benzene rings is 2. The van der Waals surface area contributed by atoms with E-state index >= 15 is 4.39 Å². The fourth-order valence-corrected chi connectivity index (χ4v) is 9.40. The minimum Gasteiger partial charge on any atom is -0.480 e. The average molecular weight is 1100 g/mol. The summed E-state index contributed by atoms with van der Waals surface area (Å²) in [6.45, 7) is 0.902. The van der Waals surface area contributed by atoms with E-state index in [4.69, 9.17) is 24.7 Å². The first kappa shape index (κ1) is 57.7. The Morgan fingerprint density at radius 3 is 2.23 bits per heavy atom. The van der Waals surface area contributed by atoms with Crippen molar-refractivity contribution in [1.29, 1.82) is 0 Å². The second-order valence-corrected chi connectivity index (χ2v) is 18.7. The Balaban J connectivity index is 0.925. The number of ether oxygens (including phenoxy) is 2. The molecule has 26 nitrogen and oxygen atoms in total. The van der Waals surface area contributed by atoms with Crippen molar-refractivity contribution in [3.05, 3.63) is 110 Å². The zero-order chi connectivity index (χ0) is 57.3. The molecular formula is C52H57FN10O16. The van der Waals surface area contributed by atoms with Crippen molar-refractivity contribution in [3.8, 4) is 11.4 Å². The molecule has 418 valence electrons. The second kappa shape index (κ2) is 25.0. The van der Waals surface area contributed by atoms with E-state index in [2.05, 4.69) is 42.5 Å². The summed E-state index contributed by atoms with van der Waals surface area (Å²) >= 11 is 0. The van der Waals surface area contributed by atoms with Gasteiger partial charge in [-0.2, -0.15) is 0 Å². The molecule has 0 saturated carbocycles. The molecule has 11 N–H and O–H groups in total. The first-order valence-electron chi connectivity index (χ1n) is 24.9. The highest BCUT2D eigenvalue weighted by atomic mass is 19.1. The Morgan fingerprint density at radius 2 is 1.54 bits per heavy atom. The Hall–Kier alpha value is -8.95. The molecule has 2 aromatic carbocycles. The van der Waals surface area contributed by atoms with Crippen LogP contribution in [0.5, 0.6) is 0 Å². The molecule has 0 spiro atoms. The van der Waals surface area contributed by atoms with Crippen LogP contribution in [0.25, 0.3) is 22.3 Å². The van der Waals surface area contributed by atoms with Crippen molar-refractivity contribution in [3.63, 3.8) is 0 Å². The second-order valence-electron chi connectivity index (χ2n) is 18.7. The molecule has 1 aliphatic carbocycles. The van der Waals surface area contributed by atoms with Crippen LogP contribution in [0.15, 0.2) is 59.4 Å². The van der Waals surface area contributed by atoms with Gasteiger partial charge in [-0.25, -0.2) is 19.0 Å². The quantitative estimate of drug-likeness (QED) is 0.0181. The van der Waals surface area contributed by atoms with Crippen LogP contribution in [0.3, 0.4) is 0 Å². The first-order valence-corrected chi connectivity index (χ1v) is 24.9. The number of nitrogens with zero attached hydrogens (tertiary/aromatic N) is 2. The monoisotopic (exact) mass is 1100 g/mol. The smallest absolute Gasteiger partial charge is 0.343 e. The number of rotatable bonds is 24. The number of halogens is 1. The van der Waals surface area contributed by atoms with Gasteiger partial charge in [-0.05, 0) is 61.4 Å². The predicted octanol–water partition coefficient (Wildman–Crippen LogP) is -2.01. The van der Waals surface area contributed by atoms with Gasteiger partial charge in [-0.3, -0.25) is 43.2 Å². The highest BCUT2D eigenvalue weighted by Gasteiger charge is 2.46. The molecule has 0 unspecified atom stereocenters. The number of carboxylic acids is 2. The zero-order valence-electron chi connectivity index (χ0n) is 42.9. The van der Waals surface area contributed by atoms with E-state index in [0.717, 1.165) is 0 Å². The first-order chi connectivity index (χ1) is 37.6. The van der Waals surface area contributed by atoms with E-state index in [1.165, 1.54) is 17.6 Å². The molecule has 0 radical (unpaired) electrons. The minimum atomic E-state index is -2.07. The van der Waals surface area contributed by atoms with E-state index < -0.39 is 140 Å². The predicted molar refractivity (Wildman–Crippen MR) is 272 cm³/mol. The molecule has 7 amide bonds. The molecule has 0 saturated heterocycles. The molecule has 0 fully saturated rings. The van der Waals surface area contributed by atoms with Crippen LogP contribution < -0.4 is 48.1 Å². The minimum absolute atomic E-state index is 0.0242. The van der Waals surface area contributed by atoms with Crippen molar-refractivity contribution in [2.45, 2.75) is 89.4 Å². The maximum Gasteiger partial charge on any atom is 0.343 e. The lowest BCUT2D eigenvalue weighted by molar-refractivity contribution is -0.172. The van der Waals surface area contributed by atoms with Crippen LogP contribution in [0.2, 0.25) is 0 Å². The molecule has 4 aromatic rings. The van der Waals surface area contributed by atoms with Gasteiger partial charge in [0.15, 0.2) is 5.60 Å². The number of fused-ring (bicyclic) bond motifs is 5. The third kappa shape index (κ3) is 13.4. The number of pyridine rings is 2. The average Bonchev–Trinajstić information content (AvgIpc) is 3.85. The van der Waals surface area contributed by atoms with E-state index in [9.17, 15) is 57.8 Å². The number of hydrogen-bond acceptors (Lipinski definition) is 16. The maximum absolute atomic E-state index is 15.4. The summed E-state index contributed by atoms with van der Waals surface area (Å²) in [5, 5.41) is 49.1. The van der Waals surface area contributed by atoms with Gasteiger partial charge in [0.25, 0.3) is 5.56 Å². The van der Waals surface area contributed by atoms with Gasteiger partial charge in [0, 0.05) is 47.7 Å². The highest BCUT2D eigenvalue weighted by molar-refractivity contribution is 5.98. The van der Waals surface area contributed by atoms with Gasteiger partial charge in [0.2, 0.25) is 41.4 Å². The fourth-order valence-electron chi connectivity index (χ4n) is 9.40. The molecule has 5 atom stereocenters. The number of aromatic nitrogens is 2. The molecule has 2 aliphatic heterocycles. The number of carbonyl (C=O) groups excluding carboxylic acids is 8. The van der Waals surface area contributed by atoms with E-state index in [-0.39, 0.29) is 42.6 Å². The number of hydrogen-bond donors (Lipinski definition) is 11. The fraction of sp³-hybridized carbons (Fsp3) is 0.385. The van der Waals surface area contributed by atoms with Crippen LogP contribution in [-0.4, -0.2) is 142 Å². The topological polar surface area (TPSA) is 381 Å². The molecule has 2 aromatic heterocycles. The van der Waals surface area contributed by atoms with Gasteiger partial charge in [-0.15, -0.1) is 0 Å². The molecular weight excluding hydrogens is 1040 g/mol. The largest absolute Gasteiger partial charge is 0.480 e. The van der Waals surface area contributed by atoms with Gasteiger partial charge >= 0.3 is 17.9 Å². The number of carbonyl (C=O) groups is 10. The molecule has 7 rings (SSSR count). The molecule has 4 heterocycles. The molecule has 27 heteroatoms. The lowest BCUT2D eigenvalue weighted by Gasteiger charge is -2.31.